The van der Waals surface area contributed by atoms with Crippen molar-refractivity contribution in [2.45, 2.75) is 12.8 Å². The lowest BCUT2D eigenvalue weighted by atomic mass is 9.96. The highest BCUT2D eigenvalue weighted by Crippen LogP contribution is 2.33. The molecule has 2 saturated heterocycles. The van der Waals surface area contributed by atoms with Crippen molar-refractivity contribution < 1.29 is 4.79 Å². The van der Waals surface area contributed by atoms with E-state index in [0.717, 1.165) is 91.0 Å². The second-order valence-electron chi connectivity index (χ2n) is 10.1. The summed E-state index contributed by atoms with van der Waals surface area (Å²) in [6.07, 6.45) is 5.42. The Balaban J connectivity index is 1.27. The van der Waals surface area contributed by atoms with Gasteiger partial charge in [-0.3, -0.25) is 4.79 Å². The number of aromatic amines is 1. The van der Waals surface area contributed by atoms with Crippen LogP contribution in [0, 0.1) is 5.92 Å². The zero-order chi connectivity index (χ0) is 24.6. The highest BCUT2D eigenvalue weighted by atomic mass is 16.1. The van der Waals surface area contributed by atoms with E-state index in [0.29, 0.717) is 5.82 Å². The zero-order valence-electron chi connectivity index (χ0n) is 20.9. The van der Waals surface area contributed by atoms with Crippen molar-refractivity contribution in [2.75, 3.05) is 63.6 Å². The molecule has 2 aliphatic rings. The molecular formula is C27H32N8O. The molecule has 1 amide bonds. The van der Waals surface area contributed by atoms with Crippen molar-refractivity contribution >= 4 is 39.5 Å². The number of piperidine rings is 1. The third kappa shape index (κ3) is 4.40. The van der Waals surface area contributed by atoms with Crippen LogP contribution in [0.1, 0.15) is 12.8 Å². The van der Waals surface area contributed by atoms with E-state index in [1.807, 2.05) is 18.3 Å². The molecular weight excluding hydrogens is 452 g/mol. The van der Waals surface area contributed by atoms with Crippen LogP contribution in [-0.2, 0) is 4.79 Å². The minimum Gasteiger partial charge on any atom is -0.353 e. The molecule has 5 heterocycles. The lowest BCUT2D eigenvalue weighted by Gasteiger charge is -2.33. The summed E-state index contributed by atoms with van der Waals surface area (Å²) in [6.45, 7) is 5.87. The van der Waals surface area contributed by atoms with Gasteiger partial charge in [-0.05, 0) is 69.9 Å². The monoisotopic (exact) mass is 484 g/mol. The topological polar surface area (TPSA) is 93.3 Å². The lowest BCUT2D eigenvalue weighted by Crippen LogP contribution is -2.44. The fourth-order valence-corrected chi connectivity index (χ4v) is 5.29. The molecule has 2 aliphatic heterocycles. The van der Waals surface area contributed by atoms with Crippen molar-refractivity contribution in [1.29, 1.82) is 0 Å². The average molecular weight is 485 g/mol. The Morgan fingerprint density at radius 2 is 1.72 bits per heavy atom. The predicted molar refractivity (Wildman–Crippen MR) is 143 cm³/mol. The van der Waals surface area contributed by atoms with Gasteiger partial charge in [0, 0.05) is 54.6 Å². The first-order valence-electron chi connectivity index (χ1n) is 12.7. The van der Waals surface area contributed by atoms with Crippen LogP contribution in [0.3, 0.4) is 0 Å². The van der Waals surface area contributed by atoms with Crippen LogP contribution in [0.5, 0.6) is 0 Å². The number of fused-ring (bicyclic) bond motifs is 2. The summed E-state index contributed by atoms with van der Waals surface area (Å²) in [6, 6.07) is 10.3. The van der Waals surface area contributed by atoms with E-state index in [9.17, 15) is 4.79 Å². The van der Waals surface area contributed by atoms with Gasteiger partial charge in [0.25, 0.3) is 0 Å². The normalized spacial score (nSPS) is 18.2. The number of piperazine rings is 1. The molecule has 6 rings (SSSR count). The highest BCUT2D eigenvalue weighted by Gasteiger charge is 2.24. The Hall–Kier alpha value is -3.56. The molecule has 2 fully saturated rings. The Morgan fingerprint density at radius 1 is 0.944 bits per heavy atom. The summed E-state index contributed by atoms with van der Waals surface area (Å²) >= 11 is 0. The van der Waals surface area contributed by atoms with Crippen LogP contribution in [0.2, 0.25) is 0 Å². The number of likely N-dealkylation sites (N-methyl/N-ethyl adjacent to an activating group) is 1. The number of carbonyl (C=O) groups excluding carboxylic acids is 1. The number of anilines is 2. The number of benzene rings is 1. The fourth-order valence-electron chi connectivity index (χ4n) is 5.29. The molecule has 9 nitrogen and oxygen atoms in total. The first-order valence-corrected chi connectivity index (χ1v) is 12.7. The molecule has 9 heteroatoms. The molecule has 3 aromatic heterocycles. The van der Waals surface area contributed by atoms with Crippen molar-refractivity contribution in [3.05, 3.63) is 42.9 Å². The summed E-state index contributed by atoms with van der Waals surface area (Å²) in [5, 5.41) is 5.10. The smallest absolute Gasteiger partial charge is 0.228 e. The number of nitrogens with one attached hydrogen (secondary N) is 2. The van der Waals surface area contributed by atoms with E-state index in [-0.39, 0.29) is 11.8 Å². The summed E-state index contributed by atoms with van der Waals surface area (Å²) in [4.78, 5) is 36.9. The van der Waals surface area contributed by atoms with E-state index < -0.39 is 0 Å². The molecule has 0 spiro atoms. The maximum absolute atomic E-state index is 12.7. The summed E-state index contributed by atoms with van der Waals surface area (Å²) in [5.74, 6) is 1.69. The number of nitrogens with zero attached hydrogens (tertiary/aromatic N) is 6. The van der Waals surface area contributed by atoms with Crippen LogP contribution in [0.15, 0.2) is 42.9 Å². The van der Waals surface area contributed by atoms with Gasteiger partial charge >= 0.3 is 0 Å². The van der Waals surface area contributed by atoms with E-state index in [1.54, 1.807) is 6.33 Å². The molecule has 4 aromatic rings. The second kappa shape index (κ2) is 9.48. The Morgan fingerprint density at radius 3 is 2.53 bits per heavy atom. The molecule has 0 atom stereocenters. The summed E-state index contributed by atoms with van der Waals surface area (Å²) < 4.78 is 0. The molecule has 0 aliphatic carbocycles. The Bertz CT molecular complexity index is 1400. The second-order valence-corrected chi connectivity index (χ2v) is 10.1. The maximum atomic E-state index is 12.7. The number of aromatic nitrogens is 4. The number of rotatable bonds is 4. The summed E-state index contributed by atoms with van der Waals surface area (Å²) in [7, 11) is 4.26. The van der Waals surface area contributed by atoms with Crippen LogP contribution in [-0.4, -0.2) is 89.0 Å². The number of hydrogen-bond donors (Lipinski definition) is 2. The minimum atomic E-state index is 0.0483. The molecule has 0 bridgehead atoms. The third-order valence-electron chi connectivity index (χ3n) is 7.61. The first kappa shape index (κ1) is 22.9. The van der Waals surface area contributed by atoms with Crippen LogP contribution in [0.25, 0.3) is 33.1 Å². The van der Waals surface area contributed by atoms with E-state index in [2.05, 4.69) is 67.3 Å². The standard InChI is InChI=1S/C27H32N8O/c1-33-9-7-18(8-10-33)27(36)32-24-6-4-20-22(16-28-25(20)31-24)19-3-5-23-21(15-19)26(30-17-29-23)35-13-11-34(2)12-14-35/h3-6,15-18H,7-14H2,1-2H3,(H2,28,31,32,36). The maximum Gasteiger partial charge on any atom is 0.228 e. The predicted octanol–water partition coefficient (Wildman–Crippen LogP) is 3.21. The molecule has 0 saturated carbocycles. The Labute approximate surface area is 210 Å². The van der Waals surface area contributed by atoms with E-state index >= 15 is 0 Å². The van der Waals surface area contributed by atoms with Gasteiger partial charge in [-0.1, -0.05) is 6.07 Å². The zero-order valence-corrected chi connectivity index (χ0v) is 20.9. The molecule has 0 unspecified atom stereocenters. The number of H-pyrrole nitrogens is 1. The molecule has 1 aromatic carbocycles. The molecule has 2 N–H and O–H groups in total. The number of pyridine rings is 1. The van der Waals surface area contributed by atoms with Gasteiger partial charge in [-0.15, -0.1) is 0 Å². The van der Waals surface area contributed by atoms with Crippen molar-refractivity contribution in [2.24, 2.45) is 5.92 Å². The molecule has 0 radical (unpaired) electrons. The summed E-state index contributed by atoms with van der Waals surface area (Å²) in [5.41, 5.74) is 3.86. The van der Waals surface area contributed by atoms with E-state index in [4.69, 9.17) is 4.98 Å². The van der Waals surface area contributed by atoms with Gasteiger partial charge < -0.3 is 25.0 Å². The highest BCUT2D eigenvalue weighted by molar-refractivity contribution is 6.00. The number of amides is 1. The minimum absolute atomic E-state index is 0.0483. The Kier molecular flexibility index (Phi) is 6.02. The van der Waals surface area contributed by atoms with Gasteiger partial charge in [0.15, 0.2) is 0 Å². The number of hydrogen-bond acceptors (Lipinski definition) is 7. The van der Waals surface area contributed by atoms with E-state index in [1.165, 1.54) is 0 Å². The van der Waals surface area contributed by atoms with Crippen molar-refractivity contribution in [3.8, 4) is 11.1 Å². The average Bonchev–Trinajstić information content (AvgIpc) is 3.32. The molecule has 36 heavy (non-hydrogen) atoms. The van der Waals surface area contributed by atoms with Crippen molar-refractivity contribution in [3.63, 3.8) is 0 Å². The first-order chi connectivity index (χ1) is 17.5. The third-order valence-corrected chi connectivity index (χ3v) is 7.61. The largest absolute Gasteiger partial charge is 0.353 e. The van der Waals surface area contributed by atoms with Crippen LogP contribution in [0.4, 0.5) is 11.6 Å². The quantitative estimate of drug-likeness (QED) is 0.459. The van der Waals surface area contributed by atoms with Gasteiger partial charge in [0.05, 0.1) is 5.52 Å². The van der Waals surface area contributed by atoms with Gasteiger partial charge in [0.2, 0.25) is 5.91 Å². The van der Waals surface area contributed by atoms with Crippen molar-refractivity contribution in [1.82, 2.24) is 29.7 Å². The SMILES string of the molecule is CN1CCC(C(=O)Nc2ccc3c(-c4ccc5ncnc(N6CCN(C)CC6)c5c4)c[nH]c3n2)CC1. The molecule has 186 valence electrons. The van der Waals surface area contributed by atoms with Gasteiger partial charge in [-0.25, -0.2) is 15.0 Å². The van der Waals surface area contributed by atoms with Crippen LogP contribution >= 0.6 is 0 Å². The fraction of sp³-hybridized carbons (Fsp3) is 0.407. The van der Waals surface area contributed by atoms with Crippen LogP contribution < -0.4 is 10.2 Å². The number of likely N-dealkylation sites (tertiary alicyclic amines) is 1. The number of carbonyl (C=O) groups is 1. The van der Waals surface area contributed by atoms with Gasteiger partial charge in [0.1, 0.15) is 23.6 Å². The van der Waals surface area contributed by atoms with Gasteiger partial charge in [-0.2, -0.15) is 0 Å². The lowest BCUT2D eigenvalue weighted by molar-refractivity contribution is -0.121.